The van der Waals surface area contributed by atoms with Crippen LogP contribution in [-0.4, -0.2) is 51.8 Å². The quantitative estimate of drug-likeness (QED) is 0.319. The number of benzene rings is 1. The number of nitrogens with one attached hydrogen (secondary N) is 3. The molecule has 29 heavy (non-hydrogen) atoms. The van der Waals surface area contributed by atoms with Crippen LogP contribution >= 0.6 is 12.6 Å². The van der Waals surface area contributed by atoms with E-state index in [-0.39, 0.29) is 18.1 Å². The highest BCUT2D eigenvalue weighted by Gasteiger charge is 2.30. The number of amides is 2. The van der Waals surface area contributed by atoms with Gasteiger partial charge in [0.1, 0.15) is 12.1 Å². The maximum Gasteiger partial charge on any atom is 0.326 e. The summed E-state index contributed by atoms with van der Waals surface area (Å²) in [5.74, 6) is -2.34. The largest absolute Gasteiger partial charge is 0.480 e. The van der Waals surface area contributed by atoms with Crippen molar-refractivity contribution in [2.45, 2.75) is 44.8 Å². The highest BCUT2D eigenvalue weighted by molar-refractivity contribution is 7.80. The van der Waals surface area contributed by atoms with Gasteiger partial charge in [-0.3, -0.25) is 9.59 Å². The molecule has 0 aliphatic rings. The summed E-state index contributed by atoms with van der Waals surface area (Å²) in [6, 6.07) is 4.70. The lowest BCUT2D eigenvalue weighted by molar-refractivity contribution is -0.143. The molecule has 0 saturated carbocycles. The highest BCUT2D eigenvalue weighted by atomic mass is 32.1. The van der Waals surface area contributed by atoms with Gasteiger partial charge in [-0.2, -0.15) is 12.6 Å². The van der Waals surface area contributed by atoms with Gasteiger partial charge in [0.25, 0.3) is 0 Å². The number of hydrogen-bond acceptors (Lipinski definition) is 5. The monoisotopic (exact) mass is 420 g/mol. The molecule has 1 aromatic heterocycles. The van der Waals surface area contributed by atoms with Crippen molar-refractivity contribution >= 4 is 41.3 Å². The highest BCUT2D eigenvalue weighted by Crippen LogP contribution is 2.19. The number of hydrogen-bond donors (Lipinski definition) is 6. The van der Waals surface area contributed by atoms with Crippen molar-refractivity contribution in [1.29, 1.82) is 0 Å². The molecular formula is C20H28N4O4S. The van der Waals surface area contributed by atoms with E-state index in [1.165, 1.54) is 0 Å². The molecular weight excluding hydrogens is 392 g/mol. The summed E-state index contributed by atoms with van der Waals surface area (Å²) in [5, 5.41) is 15.6. The molecule has 0 saturated heterocycles. The molecule has 2 amide bonds. The number of thiol groups is 1. The Morgan fingerprint density at radius 1 is 1.21 bits per heavy atom. The van der Waals surface area contributed by atoms with E-state index in [2.05, 4.69) is 28.2 Å². The lowest BCUT2D eigenvalue weighted by Gasteiger charge is -2.25. The van der Waals surface area contributed by atoms with Gasteiger partial charge in [-0.15, -0.1) is 0 Å². The lowest BCUT2D eigenvalue weighted by atomic mass is 9.98. The van der Waals surface area contributed by atoms with Crippen LogP contribution in [0.2, 0.25) is 0 Å². The van der Waals surface area contributed by atoms with Gasteiger partial charge < -0.3 is 26.5 Å². The Bertz CT molecular complexity index is 869. The second kappa shape index (κ2) is 10.3. The van der Waals surface area contributed by atoms with E-state index in [4.69, 9.17) is 5.73 Å². The van der Waals surface area contributed by atoms with Crippen molar-refractivity contribution in [2.75, 3.05) is 5.75 Å². The number of H-pyrrole nitrogens is 1. The summed E-state index contributed by atoms with van der Waals surface area (Å²) >= 11 is 4.02. The van der Waals surface area contributed by atoms with Gasteiger partial charge in [-0.1, -0.05) is 38.5 Å². The predicted molar refractivity (Wildman–Crippen MR) is 115 cm³/mol. The van der Waals surface area contributed by atoms with Crippen molar-refractivity contribution in [3.63, 3.8) is 0 Å². The Hall–Kier alpha value is -2.52. The number of carboxylic acid groups (broad SMARTS) is 1. The van der Waals surface area contributed by atoms with Crippen LogP contribution in [0.15, 0.2) is 30.5 Å². The Labute approximate surface area is 175 Å². The van der Waals surface area contributed by atoms with Gasteiger partial charge >= 0.3 is 5.97 Å². The van der Waals surface area contributed by atoms with E-state index in [1.54, 1.807) is 13.1 Å². The van der Waals surface area contributed by atoms with Crippen LogP contribution in [0, 0.1) is 5.92 Å². The van der Waals surface area contributed by atoms with Crippen LogP contribution < -0.4 is 16.4 Å². The summed E-state index contributed by atoms with van der Waals surface area (Å²) in [6.45, 7) is 3.60. The second-order valence-electron chi connectivity index (χ2n) is 7.12. The molecule has 158 valence electrons. The first-order chi connectivity index (χ1) is 13.8. The van der Waals surface area contributed by atoms with Crippen molar-refractivity contribution in [1.82, 2.24) is 15.6 Å². The summed E-state index contributed by atoms with van der Waals surface area (Å²) in [4.78, 5) is 39.9. The normalized spacial score (nSPS) is 15.3. The summed E-state index contributed by atoms with van der Waals surface area (Å²) < 4.78 is 0. The molecule has 1 aromatic carbocycles. The molecule has 4 atom stereocenters. The third-order valence-electron chi connectivity index (χ3n) is 5.04. The molecule has 2 aromatic rings. The fraction of sp³-hybridized carbons (Fsp3) is 0.450. The van der Waals surface area contributed by atoms with Crippen molar-refractivity contribution in [3.05, 3.63) is 36.0 Å². The first-order valence-corrected chi connectivity index (χ1v) is 10.2. The maximum atomic E-state index is 12.9. The number of aromatic amines is 1. The molecule has 0 bridgehead atoms. The smallest absolute Gasteiger partial charge is 0.326 e. The van der Waals surface area contributed by atoms with Gasteiger partial charge in [0.05, 0.1) is 6.04 Å². The number of fused-ring (bicyclic) bond motifs is 1. The molecule has 9 heteroatoms. The van der Waals surface area contributed by atoms with Gasteiger partial charge in [0.15, 0.2) is 0 Å². The number of para-hydroxylation sites is 1. The molecule has 0 spiro atoms. The molecule has 2 rings (SSSR count). The average molecular weight is 421 g/mol. The Morgan fingerprint density at radius 2 is 1.90 bits per heavy atom. The molecule has 4 unspecified atom stereocenters. The summed E-state index contributed by atoms with van der Waals surface area (Å²) in [5.41, 5.74) is 7.46. The van der Waals surface area contributed by atoms with E-state index in [9.17, 15) is 19.5 Å². The van der Waals surface area contributed by atoms with Crippen LogP contribution in [0.4, 0.5) is 0 Å². The van der Waals surface area contributed by atoms with Crippen LogP contribution in [0.25, 0.3) is 10.9 Å². The number of carbonyl (C=O) groups excluding carboxylic acids is 2. The molecule has 8 nitrogen and oxygen atoms in total. The minimum Gasteiger partial charge on any atom is -0.480 e. The SMILES string of the molecule is CCC(C)C(NC(=O)C(Cc1c[nH]c2ccccc12)NC(=O)C(N)CS)C(=O)O. The van der Waals surface area contributed by atoms with Gasteiger partial charge in [0, 0.05) is 29.3 Å². The van der Waals surface area contributed by atoms with E-state index in [1.807, 2.05) is 31.2 Å². The molecule has 1 heterocycles. The average Bonchev–Trinajstić information content (AvgIpc) is 3.12. The molecule has 0 aliphatic heterocycles. The van der Waals surface area contributed by atoms with E-state index < -0.39 is 35.9 Å². The summed E-state index contributed by atoms with van der Waals surface area (Å²) in [7, 11) is 0. The number of aromatic nitrogens is 1. The van der Waals surface area contributed by atoms with Crippen LogP contribution in [0.5, 0.6) is 0 Å². The van der Waals surface area contributed by atoms with Gasteiger partial charge in [-0.25, -0.2) is 4.79 Å². The minimum atomic E-state index is -1.11. The number of aliphatic carboxylic acids is 1. The Kier molecular flexibility index (Phi) is 8.10. The van der Waals surface area contributed by atoms with Crippen LogP contribution in [-0.2, 0) is 20.8 Å². The number of carboxylic acids is 1. The minimum absolute atomic E-state index is 0.123. The van der Waals surface area contributed by atoms with Crippen molar-refractivity contribution in [3.8, 4) is 0 Å². The molecule has 6 N–H and O–H groups in total. The van der Waals surface area contributed by atoms with Crippen LogP contribution in [0.1, 0.15) is 25.8 Å². The van der Waals surface area contributed by atoms with Crippen molar-refractivity contribution < 1.29 is 19.5 Å². The first-order valence-electron chi connectivity index (χ1n) is 9.53. The second-order valence-corrected chi connectivity index (χ2v) is 7.49. The third kappa shape index (κ3) is 5.74. The first kappa shape index (κ1) is 22.8. The Morgan fingerprint density at radius 3 is 2.52 bits per heavy atom. The Balaban J connectivity index is 2.27. The van der Waals surface area contributed by atoms with E-state index >= 15 is 0 Å². The standard InChI is InChI=1S/C20H28N4O4S/c1-3-11(2)17(20(27)28)24-19(26)16(23-18(25)14(21)10-29)8-12-9-22-15-7-5-4-6-13(12)15/h4-7,9,11,14,16-17,22,29H,3,8,10,21H2,1-2H3,(H,23,25)(H,24,26)(H,27,28). The number of carbonyl (C=O) groups is 3. The van der Waals surface area contributed by atoms with Gasteiger partial charge in [0.2, 0.25) is 11.8 Å². The topological polar surface area (TPSA) is 137 Å². The van der Waals surface area contributed by atoms with Gasteiger partial charge in [-0.05, 0) is 17.5 Å². The van der Waals surface area contributed by atoms with E-state index in [0.717, 1.165) is 16.5 Å². The predicted octanol–water partition coefficient (Wildman–Crippen LogP) is 1.07. The lowest BCUT2D eigenvalue weighted by Crippen LogP contribution is -2.56. The fourth-order valence-electron chi connectivity index (χ4n) is 3.03. The van der Waals surface area contributed by atoms with Crippen LogP contribution in [0.3, 0.4) is 0 Å². The molecule has 0 aliphatic carbocycles. The zero-order valence-corrected chi connectivity index (χ0v) is 17.4. The molecule has 0 radical (unpaired) electrons. The summed E-state index contributed by atoms with van der Waals surface area (Å²) in [6.07, 6.45) is 2.55. The fourth-order valence-corrected chi connectivity index (χ4v) is 3.19. The van der Waals surface area contributed by atoms with E-state index in [0.29, 0.717) is 6.42 Å². The third-order valence-corrected chi connectivity index (χ3v) is 5.44. The maximum absolute atomic E-state index is 12.9. The zero-order chi connectivity index (χ0) is 21.6. The number of rotatable bonds is 10. The number of nitrogens with two attached hydrogens (primary N) is 1. The van der Waals surface area contributed by atoms with Crippen molar-refractivity contribution in [2.24, 2.45) is 11.7 Å². The molecule has 0 fully saturated rings. The zero-order valence-electron chi connectivity index (χ0n) is 16.5.